The van der Waals surface area contributed by atoms with Crippen molar-refractivity contribution in [1.82, 2.24) is 4.57 Å². The van der Waals surface area contributed by atoms with Crippen LogP contribution in [0.5, 0.6) is 11.5 Å². The summed E-state index contributed by atoms with van der Waals surface area (Å²) in [5.74, 6) is -0.187. The van der Waals surface area contributed by atoms with Gasteiger partial charge in [0.1, 0.15) is 12.4 Å². The van der Waals surface area contributed by atoms with Crippen LogP contribution in [0.2, 0.25) is 10.0 Å². The van der Waals surface area contributed by atoms with E-state index in [1.807, 2.05) is 42.5 Å². The first-order valence-electron chi connectivity index (χ1n) is 14.6. The fourth-order valence-corrected chi connectivity index (χ4v) is 6.60. The number of fused-ring (bicyclic) bond motifs is 1. The molecular formula is C36H27Cl2FN2O5S. The molecule has 47 heavy (non-hydrogen) atoms. The van der Waals surface area contributed by atoms with Crippen LogP contribution in [-0.2, 0) is 16.1 Å². The summed E-state index contributed by atoms with van der Waals surface area (Å²) in [6, 6.07) is 24.6. The molecule has 0 spiro atoms. The number of ether oxygens (including phenoxy) is 3. The van der Waals surface area contributed by atoms with E-state index in [1.54, 1.807) is 49.4 Å². The molecule has 11 heteroatoms. The number of rotatable bonds is 9. The molecule has 0 radical (unpaired) electrons. The van der Waals surface area contributed by atoms with Gasteiger partial charge in [-0.1, -0.05) is 95.2 Å². The minimum Gasteiger partial charge on any atom is -0.493 e. The first-order chi connectivity index (χ1) is 22.8. The molecule has 0 N–H and O–H groups in total. The highest BCUT2D eigenvalue weighted by Crippen LogP contribution is 2.36. The zero-order valence-electron chi connectivity index (χ0n) is 25.2. The Hall–Kier alpha value is -4.70. The maximum absolute atomic E-state index is 14.3. The molecule has 6 rings (SSSR count). The first-order valence-corrected chi connectivity index (χ1v) is 16.1. The van der Waals surface area contributed by atoms with Gasteiger partial charge in [0.15, 0.2) is 16.3 Å². The summed E-state index contributed by atoms with van der Waals surface area (Å²) in [5, 5.41) is 0.839. The van der Waals surface area contributed by atoms with Gasteiger partial charge in [0.2, 0.25) is 0 Å². The van der Waals surface area contributed by atoms with Crippen LogP contribution in [0.4, 0.5) is 4.39 Å². The zero-order valence-corrected chi connectivity index (χ0v) is 27.5. The smallest absolute Gasteiger partial charge is 0.338 e. The van der Waals surface area contributed by atoms with E-state index in [4.69, 9.17) is 42.4 Å². The van der Waals surface area contributed by atoms with Gasteiger partial charge in [-0.15, -0.1) is 0 Å². The third-order valence-corrected chi connectivity index (χ3v) is 9.16. The molecule has 5 aromatic rings. The molecule has 1 aromatic heterocycles. The molecule has 0 amide bonds. The van der Waals surface area contributed by atoms with Crippen LogP contribution in [0.25, 0.3) is 11.8 Å². The highest BCUT2D eigenvalue weighted by Gasteiger charge is 2.35. The molecule has 2 heterocycles. The maximum atomic E-state index is 14.3. The van der Waals surface area contributed by atoms with Gasteiger partial charge in [0, 0.05) is 11.1 Å². The largest absolute Gasteiger partial charge is 0.493 e. The zero-order chi connectivity index (χ0) is 33.1. The van der Waals surface area contributed by atoms with Crippen LogP contribution in [0.3, 0.4) is 0 Å². The van der Waals surface area contributed by atoms with Crippen molar-refractivity contribution in [2.75, 3.05) is 13.7 Å². The van der Waals surface area contributed by atoms with Crippen molar-refractivity contribution in [3.8, 4) is 11.5 Å². The minimum absolute atomic E-state index is 0.117. The van der Waals surface area contributed by atoms with E-state index in [-0.39, 0.29) is 18.8 Å². The molecule has 1 aliphatic rings. The molecule has 1 atom stereocenters. The number of thiazole rings is 1. The second-order valence-electron chi connectivity index (χ2n) is 10.4. The predicted octanol–water partition coefficient (Wildman–Crippen LogP) is 6.97. The van der Waals surface area contributed by atoms with Gasteiger partial charge in [0.25, 0.3) is 5.56 Å². The Morgan fingerprint density at radius 3 is 2.47 bits per heavy atom. The van der Waals surface area contributed by atoms with Gasteiger partial charge in [-0.3, -0.25) is 9.36 Å². The number of hydrogen-bond acceptors (Lipinski definition) is 7. The summed E-state index contributed by atoms with van der Waals surface area (Å²) in [4.78, 5) is 33.1. The van der Waals surface area contributed by atoms with Gasteiger partial charge < -0.3 is 14.2 Å². The van der Waals surface area contributed by atoms with Gasteiger partial charge in [0.05, 0.1) is 45.6 Å². The Kier molecular flexibility index (Phi) is 9.58. The number of carbonyl (C=O) groups is 1. The van der Waals surface area contributed by atoms with E-state index >= 15 is 0 Å². The average molecular weight is 690 g/mol. The second kappa shape index (κ2) is 14.0. The van der Waals surface area contributed by atoms with E-state index in [1.165, 1.54) is 23.8 Å². The van der Waals surface area contributed by atoms with E-state index < -0.39 is 23.4 Å². The van der Waals surface area contributed by atoms with Crippen LogP contribution in [0, 0.1) is 5.82 Å². The lowest BCUT2D eigenvalue weighted by molar-refractivity contribution is -0.138. The van der Waals surface area contributed by atoms with Crippen molar-refractivity contribution in [2.24, 2.45) is 4.99 Å². The summed E-state index contributed by atoms with van der Waals surface area (Å²) >= 11 is 13.4. The molecule has 1 aliphatic heterocycles. The van der Waals surface area contributed by atoms with Crippen molar-refractivity contribution in [3.05, 3.63) is 154 Å². The molecule has 238 valence electrons. The molecule has 0 saturated heterocycles. The highest BCUT2D eigenvalue weighted by molar-refractivity contribution is 7.07. The van der Waals surface area contributed by atoms with Crippen molar-refractivity contribution < 1.29 is 23.4 Å². The fourth-order valence-electron chi connectivity index (χ4n) is 5.29. The normalized spacial score (nSPS) is 14.4. The third kappa shape index (κ3) is 6.60. The topological polar surface area (TPSA) is 79.1 Å². The highest BCUT2D eigenvalue weighted by atomic mass is 35.5. The van der Waals surface area contributed by atoms with Crippen molar-refractivity contribution in [3.63, 3.8) is 0 Å². The van der Waals surface area contributed by atoms with Crippen LogP contribution in [-0.4, -0.2) is 24.3 Å². The molecule has 7 nitrogen and oxygen atoms in total. The predicted molar refractivity (Wildman–Crippen MR) is 181 cm³/mol. The van der Waals surface area contributed by atoms with Crippen molar-refractivity contribution in [2.45, 2.75) is 19.6 Å². The van der Waals surface area contributed by atoms with Crippen LogP contribution in [0.15, 0.2) is 106 Å². The molecule has 4 aromatic carbocycles. The van der Waals surface area contributed by atoms with Crippen molar-refractivity contribution in [1.29, 1.82) is 0 Å². The number of nitrogens with zero attached hydrogens (tertiary/aromatic N) is 2. The van der Waals surface area contributed by atoms with Crippen LogP contribution < -0.4 is 24.4 Å². The number of para-hydroxylation sites is 1. The van der Waals surface area contributed by atoms with Crippen LogP contribution >= 0.6 is 34.5 Å². The molecule has 0 fully saturated rings. The fraction of sp³-hybridized carbons (Fsp3) is 0.139. The lowest BCUT2D eigenvalue weighted by atomic mass is 9.93. The third-order valence-electron chi connectivity index (χ3n) is 7.44. The Labute approximate surface area is 283 Å². The minimum atomic E-state index is -0.932. The number of hydrogen-bond donors (Lipinski definition) is 0. The van der Waals surface area contributed by atoms with Gasteiger partial charge in [-0.25, -0.2) is 14.2 Å². The Bertz CT molecular complexity index is 2180. The Morgan fingerprint density at radius 2 is 1.77 bits per heavy atom. The number of carbonyl (C=O) groups excluding carboxylic acids is 1. The second-order valence-corrected chi connectivity index (χ2v) is 12.2. The molecular weight excluding hydrogens is 662 g/mol. The monoisotopic (exact) mass is 688 g/mol. The molecule has 0 saturated carbocycles. The molecule has 0 unspecified atom stereocenters. The number of esters is 1. The quantitative estimate of drug-likeness (QED) is 0.156. The average Bonchev–Trinajstić information content (AvgIpc) is 3.39. The van der Waals surface area contributed by atoms with Crippen molar-refractivity contribution >= 4 is 52.3 Å². The molecule has 0 bridgehead atoms. The van der Waals surface area contributed by atoms with Gasteiger partial charge >= 0.3 is 5.97 Å². The van der Waals surface area contributed by atoms with E-state index in [9.17, 15) is 14.0 Å². The SMILES string of the molecule is CCOC(=O)C1=C(c2ccccc2)N=c2s/c(=C\c3cccc(OC)c3OCc3ccc(Cl)c(Cl)c3)c(=O)n2[C@@H]1c1ccc(F)cc1. The maximum Gasteiger partial charge on any atom is 0.338 e. The number of methoxy groups -OCH3 is 1. The number of benzene rings is 4. The summed E-state index contributed by atoms with van der Waals surface area (Å²) < 4.78 is 33.2. The summed E-state index contributed by atoms with van der Waals surface area (Å²) in [6.07, 6.45) is 1.70. The summed E-state index contributed by atoms with van der Waals surface area (Å²) in [6.45, 7) is 1.98. The number of halogens is 3. The van der Waals surface area contributed by atoms with Gasteiger partial charge in [-0.2, -0.15) is 0 Å². The van der Waals surface area contributed by atoms with Gasteiger partial charge in [-0.05, 0) is 54.5 Å². The lowest BCUT2D eigenvalue weighted by Crippen LogP contribution is -2.40. The number of aromatic nitrogens is 1. The van der Waals surface area contributed by atoms with E-state index in [0.29, 0.717) is 53.3 Å². The van der Waals surface area contributed by atoms with E-state index in [0.717, 1.165) is 16.9 Å². The summed E-state index contributed by atoms with van der Waals surface area (Å²) in [5.41, 5.74) is 2.73. The van der Waals surface area contributed by atoms with Crippen LogP contribution in [0.1, 0.15) is 35.2 Å². The standard InChI is InChI=1S/C36H27Cl2FN2O5S/c1-3-45-35(43)30-31(22-8-5-4-6-9-22)40-36-41(32(30)23-13-15-25(39)16-14-23)34(42)29(47-36)19-24-10-7-11-28(44-2)33(24)46-20-21-12-17-26(37)27(38)18-21/h4-19,32H,3,20H2,1-2H3/b29-19-/t32-/m1/s1. The van der Waals surface area contributed by atoms with E-state index in [2.05, 4.69) is 0 Å². The Balaban J connectivity index is 1.54. The summed E-state index contributed by atoms with van der Waals surface area (Å²) in [7, 11) is 1.53. The molecule has 0 aliphatic carbocycles. The lowest BCUT2D eigenvalue weighted by Gasteiger charge is -2.25. The Morgan fingerprint density at radius 1 is 1.00 bits per heavy atom. The first kappa shape index (κ1) is 32.2.